The first kappa shape index (κ1) is 16.2. The number of rotatable bonds is 6. The van der Waals surface area contributed by atoms with Crippen LogP contribution in [0.25, 0.3) is 0 Å². The molecule has 0 aliphatic carbocycles. The largest absolute Gasteiger partial charge is 0.405 e. The molecule has 1 aromatic rings. The number of nitrogens with one attached hydrogen (secondary N) is 2. The number of carbonyl (C=O) groups is 1. The summed E-state index contributed by atoms with van der Waals surface area (Å²) in [5.74, 6) is -0.0326. The van der Waals surface area contributed by atoms with E-state index in [1.807, 2.05) is 0 Å². The predicted octanol–water partition coefficient (Wildman–Crippen LogP) is 0.780. The van der Waals surface area contributed by atoms with E-state index in [-0.39, 0.29) is 18.4 Å². The standard InChI is InChI=1S/C16H22N4O2/c17-7-5-15(18)12-1-3-14(4-2-12)19-16(22)13-6-8-20(11-13)9-10-21/h1-5,7,13,18,21H,6,8-11,17H2,(H,19,22)/t13-/m0/s1. The third kappa shape index (κ3) is 4.16. The van der Waals surface area contributed by atoms with Crippen molar-refractivity contribution >= 4 is 17.3 Å². The molecule has 1 aliphatic heterocycles. The van der Waals surface area contributed by atoms with Gasteiger partial charge in [0.05, 0.1) is 18.2 Å². The minimum atomic E-state index is -0.0373. The molecule has 118 valence electrons. The van der Waals surface area contributed by atoms with Crippen LogP contribution in [0.2, 0.25) is 0 Å². The Kier molecular flexibility index (Phi) is 5.68. The predicted molar refractivity (Wildman–Crippen MR) is 86.9 cm³/mol. The lowest BCUT2D eigenvalue weighted by atomic mass is 10.1. The lowest BCUT2D eigenvalue weighted by Crippen LogP contribution is -2.28. The van der Waals surface area contributed by atoms with Crippen LogP contribution in [0.5, 0.6) is 0 Å². The highest BCUT2D eigenvalue weighted by molar-refractivity contribution is 6.06. The van der Waals surface area contributed by atoms with Crippen molar-refractivity contribution in [2.24, 2.45) is 11.7 Å². The van der Waals surface area contributed by atoms with Crippen LogP contribution < -0.4 is 11.1 Å². The Bertz CT molecular complexity index is 554. The maximum absolute atomic E-state index is 12.2. The maximum atomic E-state index is 12.2. The van der Waals surface area contributed by atoms with E-state index in [1.165, 1.54) is 12.3 Å². The Morgan fingerprint density at radius 1 is 1.45 bits per heavy atom. The minimum absolute atomic E-state index is 0.00474. The normalized spacial score (nSPS) is 18.7. The lowest BCUT2D eigenvalue weighted by Gasteiger charge is -2.14. The zero-order chi connectivity index (χ0) is 15.9. The summed E-state index contributed by atoms with van der Waals surface area (Å²) in [5, 5.41) is 19.6. The molecular weight excluding hydrogens is 280 g/mol. The Balaban J connectivity index is 1.91. The molecule has 0 unspecified atom stereocenters. The second-order valence-corrected chi connectivity index (χ2v) is 5.35. The van der Waals surface area contributed by atoms with E-state index < -0.39 is 0 Å². The van der Waals surface area contributed by atoms with Crippen molar-refractivity contribution in [2.75, 3.05) is 31.6 Å². The summed E-state index contributed by atoms with van der Waals surface area (Å²) in [5.41, 5.74) is 7.06. The van der Waals surface area contributed by atoms with Crippen LogP contribution in [0.1, 0.15) is 12.0 Å². The molecule has 2 rings (SSSR count). The SMILES string of the molecule is N=C(C=CN)c1ccc(NC(=O)[C@H]2CCN(CCO)C2)cc1. The third-order valence-corrected chi connectivity index (χ3v) is 3.79. The average molecular weight is 302 g/mol. The number of hydrogen-bond acceptors (Lipinski definition) is 5. The van der Waals surface area contributed by atoms with Crippen molar-refractivity contribution in [3.05, 3.63) is 42.1 Å². The fraction of sp³-hybridized carbons (Fsp3) is 0.375. The van der Waals surface area contributed by atoms with Gasteiger partial charge in [-0.15, -0.1) is 0 Å². The molecular formula is C16H22N4O2. The number of hydrogen-bond donors (Lipinski definition) is 4. The van der Waals surface area contributed by atoms with Gasteiger partial charge in [-0.3, -0.25) is 4.79 Å². The summed E-state index contributed by atoms with van der Waals surface area (Å²) in [4.78, 5) is 14.3. The van der Waals surface area contributed by atoms with Crippen LogP contribution in [-0.4, -0.2) is 47.9 Å². The van der Waals surface area contributed by atoms with Gasteiger partial charge < -0.3 is 26.5 Å². The molecule has 6 heteroatoms. The number of amides is 1. The Morgan fingerprint density at radius 3 is 2.82 bits per heavy atom. The molecule has 0 spiro atoms. The number of benzene rings is 1. The number of aliphatic hydroxyl groups is 1. The van der Waals surface area contributed by atoms with Crippen molar-refractivity contribution in [1.29, 1.82) is 5.41 Å². The molecule has 1 aliphatic rings. The molecule has 0 radical (unpaired) electrons. The molecule has 1 heterocycles. The first-order valence-corrected chi connectivity index (χ1v) is 7.35. The van der Waals surface area contributed by atoms with Gasteiger partial charge in [-0.1, -0.05) is 12.1 Å². The van der Waals surface area contributed by atoms with Crippen LogP contribution in [0.15, 0.2) is 36.5 Å². The first-order valence-electron chi connectivity index (χ1n) is 7.35. The average Bonchev–Trinajstić information content (AvgIpc) is 2.97. The molecule has 6 nitrogen and oxygen atoms in total. The number of nitrogens with two attached hydrogens (primary N) is 1. The van der Waals surface area contributed by atoms with Gasteiger partial charge in [-0.05, 0) is 42.9 Å². The van der Waals surface area contributed by atoms with Crippen LogP contribution in [0.4, 0.5) is 5.69 Å². The molecule has 0 aromatic heterocycles. The second kappa shape index (κ2) is 7.72. The highest BCUT2D eigenvalue weighted by Gasteiger charge is 2.27. The molecule has 5 N–H and O–H groups in total. The van der Waals surface area contributed by atoms with E-state index in [0.717, 1.165) is 24.2 Å². The van der Waals surface area contributed by atoms with E-state index in [0.29, 0.717) is 18.8 Å². The van der Waals surface area contributed by atoms with E-state index >= 15 is 0 Å². The fourth-order valence-corrected chi connectivity index (χ4v) is 2.56. The third-order valence-electron chi connectivity index (χ3n) is 3.79. The monoisotopic (exact) mass is 302 g/mol. The summed E-state index contributed by atoms with van der Waals surface area (Å²) < 4.78 is 0. The number of aliphatic hydroxyl groups excluding tert-OH is 1. The second-order valence-electron chi connectivity index (χ2n) is 5.35. The number of allylic oxidation sites excluding steroid dienone is 1. The van der Waals surface area contributed by atoms with Gasteiger partial charge in [0, 0.05) is 18.8 Å². The van der Waals surface area contributed by atoms with Gasteiger partial charge in [0.25, 0.3) is 0 Å². The number of β-amino-alcohol motifs (C(OH)–C–C–N with tert-alkyl or cyclic N) is 1. The Morgan fingerprint density at radius 2 is 2.18 bits per heavy atom. The molecule has 1 aromatic carbocycles. The van der Waals surface area contributed by atoms with Crippen LogP contribution in [-0.2, 0) is 4.79 Å². The Labute approximate surface area is 130 Å². The number of nitrogens with zero attached hydrogens (tertiary/aromatic N) is 1. The molecule has 0 bridgehead atoms. The lowest BCUT2D eigenvalue weighted by molar-refractivity contribution is -0.119. The highest BCUT2D eigenvalue weighted by atomic mass is 16.3. The van der Waals surface area contributed by atoms with E-state index in [4.69, 9.17) is 16.2 Å². The van der Waals surface area contributed by atoms with Gasteiger partial charge in [0.1, 0.15) is 0 Å². The zero-order valence-corrected chi connectivity index (χ0v) is 12.5. The van der Waals surface area contributed by atoms with Crippen LogP contribution >= 0.6 is 0 Å². The van der Waals surface area contributed by atoms with Crippen molar-refractivity contribution in [3.63, 3.8) is 0 Å². The fourth-order valence-electron chi connectivity index (χ4n) is 2.56. The summed E-state index contributed by atoms with van der Waals surface area (Å²) in [6.07, 6.45) is 3.66. The number of likely N-dealkylation sites (tertiary alicyclic amines) is 1. The Hall–Kier alpha value is -2.18. The molecule has 1 atom stereocenters. The van der Waals surface area contributed by atoms with Gasteiger partial charge in [0.15, 0.2) is 0 Å². The smallest absolute Gasteiger partial charge is 0.228 e. The van der Waals surface area contributed by atoms with Crippen molar-refractivity contribution in [1.82, 2.24) is 4.90 Å². The summed E-state index contributed by atoms with van der Waals surface area (Å²) in [6.45, 7) is 2.28. The molecule has 1 fully saturated rings. The molecule has 1 amide bonds. The van der Waals surface area contributed by atoms with Gasteiger partial charge in [0.2, 0.25) is 5.91 Å². The van der Waals surface area contributed by atoms with Gasteiger partial charge >= 0.3 is 0 Å². The van der Waals surface area contributed by atoms with Crippen molar-refractivity contribution in [3.8, 4) is 0 Å². The quantitative estimate of drug-likeness (QED) is 0.583. The first-order chi connectivity index (χ1) is 10.6. The van der Waals surface area contributed by atoms with Gasteiger partial charge in [-0.25, -0.2) is 0 Å². The zero-order valence-electron chi connectivity index (χ0n) is 12.5. The highest BCUT2D eigenvalue weighted by Crippen LogP contribution is 2.18. The van der Waals surface area contributed by atoms with Crippen molar-refractivity contribution in [2.45, 2.75) is 6.42 Å². The van der Waals surface area contributed by atoms with Crippen LogP contribution in [0, 0.1) is 11.3 Å². The van der Waals surface area contributed by atoms with E-state index in [2.05, 4.69) is 10.2 Å². The maximum Gasteiger partial charge on any atom is 0.228 e. The minimum Gasteiger partial charge on any atom is -0.405 e. The topological polar surface area (TPSA) is 102 Å². The number of anilines is 1. The van der Waals surface area contributed by atoms with Crippen LogP contribution in [0.3, 0.4) is 0 Å². The summed E-state index contributed by atoms with van der Waals surface area (Å²) >= 11 is 0. The molecule has 22 heavy (non-hydrogen) atoms. The summed E-state index contributed by atoms with van der Waals surface area (Å²) in [7, 11) is 0. The van der Waals surface area contributed by atoms with Crippen molar-refractivity contribution < 1.29 is 9.90 Å². The molecule has 1 saturated heterocycles. The summed E-state index contributed by atoms with van der Waals surface area (Å²) in [6, 6.07) is 7.13. The number of carbonyl (C=O) groups excluding carboxylic acids is 1. The van der Waals surface area contributed by atoms with E-state index in [1.54, 1.807) is 24.3 Å². The van der Waals surface area contributed by atoms with E-state index in [9.17, 15) is 4.79 Å². The molecule has 0 saturated carbocycles. The van der Waals surface area contributed by atoms with Gasteiger partial charge in [-0.2, -0.15) is 0 Å².